The molecule has 12 rings (SSSR count). The quantitative estimate of drug-likeness (QED) is 0.0295. The Morgan fingerprint density at radius 2 is 0.456 bits per heavy atom. The topological polar surface area (TPSA) is 512 Å². The number of hydrogen-bond acceptors (Lipinski definition) is 28. The number of para-hydroxylation sites is 8. The average molecular weight is 1770 g/mol. The number of piperidine rings is 4. The molecule has 4 aliphatic rings. The molecule has 30 nitrogen and oxygen atoms in total. The van der Waals surface area contributed by atoms with E-state index in [-0.39, 0.29) is 193 Å². The van der Waals surface area contributed by atoms with Crippen LogP contribution in [0.2, 0.25) is 0 Å². The SMILES string of the molecule is C1CCNCC1.C1CCNCC1.C1CCNCC1.C1CCNCC1.COc1cccc(/C=N/N=C(\[O-])c2ccccc2O)c1[O-].COc1cccc(/C=N/N=C(\[O-])c2ccccc2O)c1[O-].COc1cccc(/C=N/N=C(\[O-])c2ccccc2O)c1[O-].COc1cccc(/C=N/N=C(\[O-])c2ccccc2O)c1[O-].O.O.[Cu+2].[Cu+2].[Cu+2].[Cu+2]. The van der Waals surface area contributed by atoms with Gasteiger partial charge >= 0.3 is 68.3 Å². The molecule has 0 aliphatic carbocycles. The third-order valence-corrected chi connectivity index (χ3v) is 15.7. The van der Waals surface area contributed by atoms with Crippen molar-refractivity contribution in [2.24, 2.45) is 40.8 Å². The van der Waals surface area contributed by atoms with Crippen molar-refractivity contribution < 1.29 is 159 Å². The molecular weight excluding hydrogens is 1670 g/mol. The first-order valence-electron chi connectivity index (χ1n) is 35.0. The summed E-state index contributed by atoms with van der Waals surface area (Å²) in [5, 5.41) is 173. The molecule has 4 saturated heterocycles. The molecular formula is C80H96Cu4N12O18. The van der Waals surface area contributed by atoms with Gasteiger partial charge in [0.2, 0.25) is 0 Å². The van der Waals surface area contributed by atoms with Crippen LogP contribution in [0.5, 0.6) is 69.0 Å². The summed E-state index contributed by atoms with van der Waals surface area (Å²) >= 11 is 0. The Morgan fingerprint density at radius 3 is 0.596 bits per heavy atom. The van der Waals surface area contributed by atoms with Crippen molar-refractivity contribution in [1.82, 2.24) is 21.3 Å². The van der Waals surface area contributed by atoms with E-state index in [2.05, 4.69) is 62.1 Å². The van der Waals surface area contributed by atoms with E-state index in [0.29, 0.717) is 0 Å². The van der Waals surface area contributed by atoms with Crippen LogP contribution in [0.1, 0.15) is 122 Å². The molecule has 0 aromatic heterocycles. The fourth-order valence-corrected chi connectivity index (χ4v) is 9.80. The summed E-state index contributed by atoms with van der Waals surface area (Å²) in [4.78, 5) is 0. The molecule has 628 valence electrons. The molecule has 0 amide bonds. The first kappa shape index (κ1) is 106. The summed E-state index contributed by atoms with van der Waals surface area (Å²) in [6, 6.07) is 42.8. The van der Waals surface area contributed by atoms with Crippen LogP contribution >= 0.6 is 0 Å². The molecule has 12 N–H and O–H groups in total. The minimum atomic E-state index is -0.695. The van der Waals surface area contributed by atoms with Gasteiger partial charge in [0.15, 0.2) is 0 Å². The predicted octanol–water partition coefficient (Wildman–Crippen LogP) is 3.84. The van der Waals surface area contributed by atoms with Gasteiger partial charge in [0.1, 0.15) is 46.0 Å². The van der Waals surface area contributed by atoms with Crippen molar-refractivity contribution in [3.8, 4) is 69.0 Å². The maximum Gasteiger partial charge on any atom is 2.00 e. The number of nitrogens with one attached hydrogen (secondary N) is 4. The Kier molecular flexibility index (Phi) is 58.7. The van der Waals surface area contributed by atoms with E-state index in [1.165, 1.54) is 280 Å². The zero-order valence-electron chi connectivity index (χ0n) is 63.1. The van der Waals surface area contributed by atoms with Crippen LogP contribution in [0.4, 0.5) is 0 Å². The van der Waals surface area contributed by atoms with Gasteiger partial charge in [-0.1, -0.05) is 170 Å². The Balaban J connectivity index is 0. The van der Waals surface area contributed by atoms with Gasteiger partial charge in [-0.15, -0.1) is 0 Å². The number of hydrogen-bond donors (Lipinski definition) is 8. The monoisotopic (exact) mass is 1760 g/mol. The van der Waals surface area contributed by atoms with Gasteiger partial charge in [0.05, 0.1) is 53.3 Å². The zero-order chi connectivity index (χ0) is 77.9. The van der Waals surface area contributed by atoms with E-state index in [4.69, 9.17) is 18.9 Å². The van der Waals surface area contributed by atoms with Crippen LogP contribution in [-0.4, -0.2) is 161 Å². The van der Waals surface area contributed by atoms with Crippen LogP contribution < -0.4 is 81.1 Å². The van der Waals surface area contributed by atoms with Gasteiger partial charge in [-0.05, 0) is 175 Å². The summed E-state index contributed by atoms with van der Waals surface area (Å²) < 4.78 is 19.6. The third-order valence-electron chi connectivity index (χ3n) is 15.7. The van der Waals surface area contributed by atoms with Crippen molar-refractivity contribution in [3.05, 3.63) is 214 Å². The molecule has 4 radical (unpaired) electrons. The van der Waals surface area contributed by atoms with Gasteiger partial charge < -0.3 is 112 Å². The molecule has 0 spiro atoms. The number of rotatable bonds is 16. The maximum atomic E-state index is 11.8. The number of phenols is 4. The number of phenolic OH excluding ortho intramolecular Hbond substituents is 4. The molecule has 34 heteroatoms. The first-order valence-corrected chi connectivity index (χ1v) is 35.0. The van der Waals surface area contributed by atoms with E-state index in [0.717, 1.165) is 0 Å². The Bertz CT molecular complexity index is 3660. The molecule has 8 aromatic rings. The first-order chi connectivity index (χ1) is 52.5. The summed E-state index contributed by atoms with van der Waals surface area (Å²) in [6.07, 6.45) is 21.5. The molecule has 8 aromatic carbocycles. The third kappa shape index (κ3) is 39.5. The summed E-state index contributed by atoms with van der Waals surface area (Å²) in [5.74, 6) is -4.09. The van der Waals surface area contributed by atoms with Gasteiger partial charge in [-0.2, -0.15) is 40.8 Å². The molecule has 114 heavy (non-hydrogen) atoms. The standard InChI is InChI=1S/4C15H14N2O4.4C5H11N.4Cu.2H2O/c4*1-21-13-8-4-5-10(14(13)19)9-16-17-15(20)11-6-2-3-7-12(11)18;4*1-2-4-6-5-3-1;;;;;;/h4*2-9,18-19H,1H3,(H,17,20);4*6H,1-5H2;;;;;2*1H2/q;;;;;;;;4*+2;;/p-8/b4*16-9+;;;;;;;;;;. The fraction of sp³-hybridized carbons (Fsp3) is 0.300. The zero-order valence-corrected chi connectivity index (χ0v) is 66.9. The summed E-state index contributed by atoms with van der Waals surface area (Å²) in [5.41, 5.74) is 1.19. The van der Waals surface area contributed by atoms with Crippen molar-refractivity contribution >= 4 is 48.4 Å². The minimum Gasteiger partial charge on any atom is -0.870 e. The number of aromatic hydroxyl groups is 4. The van der Waals surface area contributed by atoms with Crippen LogP contribution in [0.25, 0.3) is 0 Å². The predicted molar refractivity (Wildman–Crippen MR) is 413 cm³/mol. The van der Waals surface area contributed by atoms with Crippen molar-refractivity contribution in [1.29, 1.82) is 0 Å². The number of benzene rings is 8. The van der Waals surface area contributed by atoms with Crippen LogP contribution in [-0.2, 0) is 68.3 Å². The van der Waals surface area contributed by atoms with E-state index >= 15 is 0 Å². The second-order valence-corrected chi connectivity index (χ2v) is 23.4. The Morgan fingerprint density at radius 1 is 0.281 bits per heavy atom. The summed E-state index contributed by atoms with van der Waals surface area (Å²) in [6.45, 7) is 10.0. The second-order valence-electron chi connectivity index (χ2n) is 23.4. The Labute approximate surface area is 706 Å². The largest absolute Gasteiger partial charge is 2.00 e. The summed E-state index contributed by atoms with van der Waals surface area (Å²) in [7, 11) is 5.57. The average Bonchev–Trinajstić information content (AvgIpc) is 0.804. The molecule has 4 heterocycles. The molecule has 0 bridgehead atoms. The molecule has 0 saturated carbocycles. The van der Waals surface area contributed by atoms with E-state index in [9.17, 15) is 61.3 Å². The van der Waals surface area contributed by atoms with E-state index in [1.807, 2.05) is 0 Å². The smallest absolute Gasteiger partial charge is 0.870 e. The Hall–Kier alpha value is -10.2. The van der Waals surface area contributed by atoms with Crippen molar-refractivity contribution in [2.45, 2.75) is 77.0 Å². The fourth-order valence-electron chi connectivity index (χ4n) is 9.80. The molecule has 4 aliphatic heterocycles. The maximum absolute atomic E-state index is 11.8. The second kappa shape index (κ2) is 63.2. The van der Waals surface area contributed by atoms with Gasteiger partial charge in [-0.25, -0.2) is 0 Å². The number of methoxy groups -OCH3 is 4. The van der Waals surface area contributed by atoms with Crippen LogP contribution in [0.3, 0.4) is 0 Å². The van der Waals surface area contributed by atoms with E-state index in [1.54, 1.807) is 72.8 Å². The molecule has 4 fully saturated rings. The minimum absolute atomic E-state index is 0. The molecule has 0 unspecified atom stereocenters. The van der Waals surface area contributed by atoms with E-state index < -0.39 is 23.6 Å². The number of ether oxygens (including phenoxy) is 4. The van der Waals surface area contributed by atoms with Gasteiger partial charge in [-0.3, -0.25) is 0 Å². The normalized spacial score (nSPS) is 13.7. The van der Waals surface area contributed by atoms with Gasteiger partial charge in [0.25, 0.3) is 0 Å². The van der Waals surface area contributed by atoms with Gasteiger partial charge in [0, 0.05) is 45.8 Å². The van der Waals surface area contributed by atoms with Crippen LogP contribution in [0.15, 0.2) is 211 Å². The van der Waals surface area contributed by atoms with Crippen molar-refractivity contribution in [2.75, 3.05) is 80.8 Å². The number of nitrogens with zero attached hydrogens (tertiary/aromatic N) is 8. The molecule has 0 atom stereocenters. The van der Waals surface area contributed by atoms with Crippen molar-refractivity contribution in [3.63, 3.8) is 0 Å². The van der Waals surface area contributed by atoms with Crippen LogP contribution in [0, 0.1) is 0 Å².